The van der Waals surface area contributed by atoms with Gasteiger partial charge in [0.25, 0.3) is 0 Å². The Bertz CT molecular complexity index is 222. The molecule has 0 heterocycles. The van der Waals surface area contributed by atoms with Crippen molar-refractivity contribution in [2.75, 3.05) is 0 Å². The molecular weight excluding hydrogens is 321 g/mol. The molecule has 0 fully saturated rings. The van der Waals surface area contributed by atoms with Crippen LogP contribution in [0.4, 0.5) is 0 Å². The molecule has 0 N–H and O–H groups in total. The Kier molecular flexibility index (Phi) is 20.0. The van der Waals surface area contributed by atoms with Crippen molar-refractivity contribution in [1.82, 2.24) is 0 Å². The second kappa shape index (κ2) is 20.0. The van der Waals surface area contributed by atoms with Gasteiger partial charge in [-0.25, -0.2) is 0 Å². The van der Waals surface area contributed by atoms with Gasteiger partial charge in [0.05, 0.1) is 0 Å². The van der Waals surface area contributed by atoms with Crippen molar-refractivity contribution in [1.29, 1.82) is 5.26 Å². The maximum atomic E-state index is 8.47. The van der Waals surface area contributed by atoms with E-state index in [4.69, 9.17) is 5.26 Å². The van der Waals surface area contributed by atoms with E-state index in [0.717, 1.165) is 0 Å². The van der Waals surface area contributed by atoms with E-state index < -0.39 is 0 Å². The molecule has 0 saturated carbocycles. The Morgan fingerprint density at radius 2 is 0.905 bits per heavy atom. The van der Waals surface area contributed by atoms with E-state index in [1.165, 1.54) is 108 Å². The normalized spacial score (nSPS) is 10.7. The number of nitrogens with zero attached hydrogens (tertiary/aromatic N) is 1. The summed E-state index contributed by atoms with van der Waals surface area (Å²) in [6.07, 6.45) is 22.8. The zero-order valence-electron chi connectivity index (χ0n) is 14.4. The SMILES string of the molecule is CCCCCCCCCCCCCCCCCC[Se]C#N. The molecule has 2 heteroatoms. The fourth-order valence-corrected chi connectivity index (χ4v) is 3.69. The van der Waals surface area contributed by atoms with Crippen LogP contribution in [0.5, 0.6) is 0 Å². The summed E-state index contributed by atoms with van der Waals surface area (Å²) in [5, 5.41) is 9.64. The summed E-state index contributed by atoms with van der Waals surface area (Å²) in [6.45, 7) is 2.29. The van der Waals surface area contributed by atoms with Gasteiger partial charge in [0, 0.05) is 0 Å². The first-order valence-electron chi connectivity index (χ1n) is 9.42. The quantitative estimate of drug-likeness (QED) is 0.206. The van der Waals surface area contributed by atoms with Crippen molar-refractivity contribution in [2.45, 2.75) is 115 Å². The van der Waals surface area contributed by atoms with Crippen LogP contribution in [0, 0.1) is 10.2 Å². The maximum absolute atomic E-state index is 8.47. The fourth-order valence-electron chi connectivity index (χ4n) is 2.77. The van der Waals surface area contributed by atoms with Crippen molar-refractivity contribution in [3.63, 3.8) is 0 Å². The number of hydrogen-bond acceptors (Lipinski definition) is 1. The molecular formula is C19H37NSe. The van der Waals surface area contributed by atoms with Gasteiger partial charge in [-0.05, 0) is 0 Å². The third-order valence-electron chi connectivity index (χ3n) is 4.16. The van der Waals surface area contributed by atoms with Crippen LogP contribution < -0.4 is 0 Å². The molecule has 0 unspecified atom stereocenters. The molecule has 0 aromatic carbocycles. The summed E-state index contributed by atoms with van der Waals surface area (Å²) >= 11 is 0.260. The molecule has 0 aliphatic carbocycles. The van der Waals surface area contributed by atoms with Crippen LogP contribution in [0.15, 0.2) is 0 Å². The molecule has 0 aliphatic rings. The first-order chi connectivity index (χ1) is 10.4. The van der Waals surface area contributed by atoms with E-state index in [0.29, 0.717) is 0 Å². The monoisotopic (exact) mass is 359 g/mol. The van der Waals surface area contributed by atoms with Gasteiger partial charge in [-0.3, -0.25) is 0 Å². The summed E-state index contributed by atoms with van der Waals surface area (Å²) in [5.41, 5.74) is 0. The Morgan fingerprint density at radius 1 is 0.571 bits per heavy atom. The number of unbranched alkanes of at least 4 members (excludes halogenated alkanes) is 15. The van der Waals surface area contributed by atoms with Gasteiger partial charge >= 0.3 is 101 Å². The summed E-state index contributed by atoms with van der Waals surface area (Å²) < 4.78 is 0. The molecule has 124 valence electrons. The number of rotatable bonds is 17. The van der Waals surface area contributed by atoms with Gasteiger partial charge in [-0.15, -0.1) is 0 Å². The second-order valence-corrected chi connectivity index (χ2v) is 8.09. The van der Waals surface area contributed by atoms with Gasteiger partial charge in [-0.1, -0.05) is 39.0 Å². The molecule has 0 amide bonds. The third-order valence-corrected chi connectivity index (χ3v) is 5.47. The molecule has 0 bridgehead atoms. The van der Waals surface area contributed by atoms with Crippen molar-refractivity contribution < 1.29 is 0 Å². The van der Waals surface area contributed by atoms with E-state index in [1.54, 1.807) is 0 Å². The predicted octanol–water partition coefficient (Wildman–Crippen LogP) is 6.85. The molecule has 0 rings (SSSR count). The fraction of sp³-hybridized carbons (Fsp3) is 0.947. The summed E-state index contributed by atoms with van der Waals surface area (Å²) in [6, 6.07) is 0. The van der Waals surface area contributed by atoms with Gasteiger partial charge in [0.2, 0.25) is 0 Å². The molecule has 21 heavy (non-hydrogen) atoms. The average Bonchev–Trinajstić information content (AvgIpc) is 2.50. The molecule has 0 aliphatic heterocycles. The molecule has 0 aromatic heterocycles. The van der Waals surface area contributed by atoms with Crippen LogP contribution >= 0.6 is 0 Å². The minimum absolute atomic E-state index is 0.260. The molecule has 1 nitrogen and oxygen atoms in total. The topological polar surface area (TPSA) is 23.8 Å². The van der Waals surface area contributed by atoms with Crippen molar-refractivity contribution >= 4 is 15.0 Å². The van der Waals surface area contributed by atoms with Crippen molar-refractivity contribution in [3.05, 3.63) is 0 Å². The molecule has 0 atom stereocenters. The minimum atomic E-state index is 0.260. The van der Waals surface area contributed by atoms with E-state index in [1.807, 2.05) is 0 Å². The molecule has 0 radical (unpaired) electrons. The first-order valence-corrected chi connectivity index (χ1v) is 11.5. The average molecular weight is 358 g/mol. The van der Waals surface area contributed by atoms with Crippen LogP contribution in [0.1, 0.15) is 110 Å². The molecule has 0 spiro atoms. The van der Waals surface area contributed by atoms with E-state index in [2.05, 4.69) is 11.9 Å². The Hall–Kier alpha value is 0.00948. The predicted molar refractivity (Wildman–Crippen MR) is 95.7 cm³/mol. The number of hydrogen-bond donors (Lipinski definition) is 0. The van der Waals surface area contributed by atoms with Crippen molar-refractivity contribution in [3.8, 4) is 4.97 Å². The summed E-state index contributed by atoms with van der Waals surface area (Å²) in [7, 11) is 0. The molecule has 0 saturated heterocycles. The molecule has 0 aromatic rings. The van der Waals surface area contributed by atoms with E-state index in [-0.39, 0.29) is 15.0 Å². The zero-order valence-corrected chi connectivity index (χ0v) is 16.1. The Morgan fingerprint density at radius 3 is 1.24 bits per heavy atom. The van der Waals surface area contributed by atoms with Crippen LogP contribution in [-0.2, 0) is 0 Å². The van der Waals surface area contributed by atoms with Crippen LogP contribution in [0.3, 0.4) is 0 Å². The summed E-state index contributed by atoms with van der Waals surface area (Å²) in [5.74, 6) is 0. The van der Waals surface area contributed by atoms with Gasteiger partial charge in [0.15, 0.2) is 0 Å². The number of nitriles is 1. The van der Waals surface area contributed by atoms with Gasteiger partial charge < -0.3 is 0 Å². The first kappa shape index (κ1) is 21.0. The Balaban J connectivity index is 2.92. The van der Waals surface area contributed by atoms with Crippen LogP contribution in [0.2, 0.25) is 5.32 Å². The van der Waals surface area contributed by atoms with E-state index in [9.17, 15) is 0 Å². The third kappa shape index (κ3) is 20.0. The van der Waals surface area contributed by atoms with Gasteiger partial charge in [-0.2, -0.15) is 0 Å². The van der Waals surface area contributed by atoms with Gasteiger partial charge in [0.1, 0.15) is 0 Å². The van der Waals surface area contributed by atoms with Crippen LogP contribution in [-0.4, -0.2) is 15.0 Å². The van der Waals surface area contributed by atoms with Crippen LogP contribution in [0.25, 0.3) is 0 Å². The van der Waals surface area contributed by atoms with E-state index >= 15 is 0 Å². The second-order valence-electron chi connectivity index (χ2n) is 6.24. The Labute approximate surface area is 140 Å². The zero-order chi connectivity index (χ0) is 15.4. The summed E-state index contributed by atoms with van der Waals surface area (Å²) in [4.78, 5) is 2.28. The van der Waals surface area contributed by atoms with Crippen molar-refractivity contribution in [2.24, 2.45) is 0 Å². The standard InChI is InChI=1S/C19H37NSe/c1-2-3-4-5-6-7-8-9-10-11-12-13-14-15-16-17-18-21-19-20/h2-18H2,1H3.